The lowest BCUT2D eigenvalue weighted by molar-refractivity contribution is -0.143. The van der Waals surface area contributed by atoms with Crippen molar-refractivity contribution < 1.29 is 19.1 Å². The minimum Gasteiger partial charge on any atom is -0.466 e. The van der Waals surface area contributed by atoms with Crippen molar-refractivity contribution in [1.82, 2.24) is 20.3 Å². The van der Waals surface area contributed by atoms with Gasteiger partial charge in [-0.2, -0.15) is 0 Å². The summed E-state index contributed by atoms with van der Waals surface area (Å²) in [7, 11) is 0. The number of nitrogens with one attached hydrogen (secondary N) is 1. The van der Waals surface area contributed by atoms with Crippen molar-refractivity contribution in [3.8, 4) is 0 Å². The number of benzene rings is 1. The van der Waals surface area contributed by atoms with Gasteiger partial charge in [0.25, 0.3) is 0 Å². The standard InChI is InChI=1S/C20H28N4O4/c1-5-27-18(25)12-16(21-19(26)28-20(2,3)4)11-17-14-24(23-22-17)13-15-9-7-6-8-10-15/h6-10,14,16H,5,11-13H2,1-4H3,(H,21,26). The molecule has 0 fully saturated rings. The second kappa shape index (κ2) is 9.87. The van der Waals surface area contributed by atoms with Crippen LogP contribution in [-0.4, -0.2) is 45.3 Å². The van der Waals surface area contributed by atoms with Gasteiger partial charge in [-0.25, -0.2) is 9.48 Å². The predicted octanol–water partition coefficient (Wildman–Crippen LogP) is 2.72. The molecular formula is C20H28N4O4. The number of carbonyl (C=O) groups is 2. The molecule has 1 N–H and O–H groups in total. The lowest BCUT2D eigenvalue weighted by Gasteiger charge is -2.23. The van der Waals surface area contributed by atoms with E-state index in [1.54, 1.807) is 32.4 Å². The molecule has 0 bridgehead atoms. The Morgan fingerprint density at radius 2 is 1.93 bits per heavy atom. The molecule has 2 rings (SSSR count). The number of hydrogen-bond acceptors (Lipinski definition) is 6. The second-order valence-electron chi connectivity index (χ2n) is 7.45. The Hall–Kier alpha value is -2.90. The summed E-state index contributed by atoms with van der Waals surface area (Å²) in [6, 6.07) is 9.40. The van der Waals surface area contributed by atoms with Crippen LogP contribution < -0.4 is 5.32 Å². The maximum Gasteiger partial charge on any atom is 0.407 e. The van der Waals surface area contributed by atoms with E-state index in [-0.39, 0.29) is 19.0 Å². The van der Waals surface area contributed by atoms with Crippen LogP contribution in [-0.2, 0) is 27.2 Å². The van der Waals surface area contributed by atoms with Gasteiger partial charge >= 0.3 is 12.1 Å². The number of hydrogen-bond donors (Lipinski definition) is 1. The van der Waals surface area contributed by atoms with Crippen LogP contribution in [0.3, 0.4) is 0 Å². The molecule has 1 heterocycles. The topological polar surface area (TPSA) is 95.3 Å². The summed E-state index contributed by atoms with van der Waals surface area (Å²) in [5, 5.41) is 11.0. The third kappa shape index (κ3) is 7.77. The summed E-state index contributed by atoms with van der Waals surface area (Å²) in [6.07, 6.45) is 1.59. The fraction of sp³-hybridized carbons (Fsp3) is 0.500. The predicted molar refractivity (Wildman–Crippen MR) is 104 cm³/mol. The fourth-order valence-electron chi connectivity index (χ4n) is 2.60. The molecule has 0 saturated heterocycles. The van der Waals surface area contributed by atoms with Crippen LogP contribution in [0.15, 0.2) is 36.5 Å². The van der Waals surface area contributed by atoms with E-state index in [9.17, 15) is 9.59 Å². The molecule has 1 aromatic heterocycles. The SMILES string of the molecule is CCOC(=O)CC(Cc1cn(Cc2ccccc2)nn1)NC(=O)OC(C)(C)C. The number of aromatic nitrogens is 3. The van der Waals surface area contributed by atoms with E-state index in [4.69, 9.17) is 9.47 Å². The molecule has 8 heteroatoms. The minimum atomic E-state index is -0.628. The van der Waals surface area contributed by atoms with Crippen molar-refractivity contribution in [3.63, 3.8) is 0 Å². The number of carbonyl (C=O) groups excluding carboxylic acids is 2. The summed E-state index contributed by atoms with van der Waals surface area (Å²) in [6.45, 7) is 7.96. The number of ether oxygens (including phenoxy) is 2. The van der Waals surface area contributed by atoms with E-state index in [1.165, 1.54) is 0 Å². The monoisotopic (exact) mass is 388 g/mol. The molecular weight excluding hydrogens is 360 g/mol. The summed E-state index contributed by atoms with van der Waals surface area (Å²) >= 11 is 0. The number of esters is 1. The van der Waals surface area contributed by atoms with E-state index in [0.29, 0.717) is 18.7 Å². The Morgan fingerprint density at radius 3 is 2.57 bits per heavy atom. The van der Waals surface area contributed by atoms with Gasteiger partial charge in [0, 0.05) is 18.7 Å². The fourth-order valence-corrected chi connectivity index (χ4v) is 2.60. The normalized spacial score (nSPS) is 12.3. The highest BCUT2D eigenvalue weighted by Gasteiger charge is 2.23. The summed E-state index contributed by atoms with van der Waals surface area (Å²) < 4.78 is 12.0. The molecule has 152 valence electrons. The zero-order chi connectivity index (χ0) is 20.6. The lowest BCUT2D eigenvalue weighted by Crippen LogP contribution is -2.41. The lowest BCUT2D eigenvalue weighted by atomic mass is 10.1. The number of alkyl carbamates (subject to hydrolysis) is 1. The number of rotatable bonds is 8. The maximum absolute atomic E-state index is 12.1. The second-order valence-corrected chi connectivity index (χ2v) is 7.45. The average molecular weight is 388 g/mol. The van der Waals surface area contributed by atoms with Crippen molar-refractivity contribution in [3.05, 3.63) is 47.8 Å². The van der Waals surface area contributed by atoms with Gasteiger partial charge in [-0.3, -0.25) is 4.79 Å². The van der Waals surface area contributed by atoms with Crippen LogP contribution in [0.4, 0.5) is 4.79 Å². The molecule has 1 amide bonds. The van der Waals surface area contributed by atoms with Crippen molar-refractivity contribution in [2.24, 2.45) is 0 Å². The highest BCUT2D eigenvalue weighted by molar-refractivity contribution is 5.73. The van der Waals surface area contributed by atoms with Gasteiger partial charge in [-0.05, 0) is 33.3 Å². The first-order chi connectivity index (χ1) is 13.2. The highest BCUT2D eigenvalue weighted by Crippen LogP contribution is 2.10. The van der Waals surface area contributed by atoms with Crippen LogP contribution in [0, 0.1) is 0 Å². The van der Waals surface area contributed by atoms with Crippen LogP contribution in [0.2, 0.25) is 0 Å². The third-order valence-electron chi connectivity index (χ3n) is 3.67. The van der Waals surface area contributed by atoms with E-state index in [1.807, 2.05) is 36.5 Å². The molecule has 0 aliphatic carbocycles. The van der Waals surface area contributed by atoms with E-state index in [2.05, 4.69) is 15.6 Å². The quantitative estimate of drug-likeness (QED) is 0.699. The van der Waals surface area contributed by atoms with Crippen LogP contribution in [0.25, 0.3) is 0 Å². The van der Waals surface area contributed by atoms with E-state index < -0.39 is 17.7 Å². The molecule has 0 saturated carbocycles. The molecule has 0 spiro atoms. The van der Waals surface area contributed by atoms with Crippen molar-refractivity contribution >= 4 is 12.1 Å². The van der Waals surface area contributed by atoms with Crippen molar-refractivity contribution in [2.45, 2.75) is 58.7 Å². The third-order valence-corrected chi connectivity index (χ3v) is 3.67. The summed E-state index contributed by atoms with van der Waals surface area (Å²) in [4.78, 5) is 24.0. The van der Waals surface area contributed by atoms with Gasteiger partial charge in [0.05, 0.1) is 25.3 Å². The highest BCUT2D eigenvalue weighted by atomic mass is 16.6. The first-order valence-corrected chi connectivity index (χ1v) is 9.33. The molecule has 1 aromatic carbocycles. The Morgan fingerprint density at radius 1 is 1.21 bits per heavy atom. The molecule has 8 nitrogen and oxygen atoms in total. The van der Waals surface area contributed by atoms with Gasteiger partial charge in [-0.1, -0.05) is 35.5 Å². The van der Waals surface area contributed by atoms with Gasteiger partial charge in [0.15, 0.2) is 0 Å². The molecule has 1 atom stereocenters. The zero-order valence-corrected chi connectivity index (χ0v) is 16.8. The van der Waals surface area contributed by atoms with Crippen LogP contribution >= 0.6 is 0 Å². The molecule has 28 heavy (non-hydrogen) atoms. The first-order valence-electron chi connectivity index (χ1n) is 9.33. The van der Waals surface area contributed by atoms with E-state index >= 15 is 0 Å². The number of amides is 1. The minimum absolute atomic E-state index is 0.0264. The molecule has 0 aliphatic heterocycles. The summed E-state index contributed by atoms with van der Waals surface area (Å²) in [5.74, 6) is -0.389. The van der Waals surface area contributed by atoms with Crippen LogP contribution in [0.1, 0.15) is 45.4 Å². The van der Waals surface area contributed by atoms with Gasteiger partial charge in [0.2, 0.25) is 0 Å². The van der Waals surface area contributed by atoms with Gasteiger partial charge in [0.1, 0.15) is 5.60 Å². The van der Waals surface area contributed by atoms with Crippen LogP contribution in [0.5, 0.6) is 0 Å². The molecule has 2 aromatic rings. The first kappa shape index (κ1) is 21.4. The average Bonchev–Trinajstić information content (AvgIpc) is 3.01. The van der Waals surface area contributed by atoms with E-state index in [0.717, 1.165) is 5.56 Å². The number of nitrogens with zero attached hydrogens (tertiary/aromatic N) is 3. The molecule has 0 radical (unpaired) electrons. The largest absolute Gasteiger partial charge is 0.466 e. The zero-order valence-electron chi connectivity index (χ0n) is 16.8. The van der Waals surface area contributed by atoms with Crippen molar-refractivity contribution in [1.29, 1.82) is 0 Å². The Kier molecular flexibility index (Phi) is 7.54. The Balaban J connectivity index is 2.02. The Bertz CT molecular complexity index is 768. The smallest absolute Gasteiger partial charge is 0.407 e. The Labute approximate surface area is 165 Å². The molecule has 0 aliphatic rings. The maximum atomic E-state index is 12.1. The summed E-state index contributed by atoms with van der Waals surface area (Å²) in [5.41, 5.74) is 1.15. The van der Waals surface area contributed by atoms with Crippen molar-refractivity contribution in [2.75, 3.05) is 6.61 Å². The van der Waals surface area contributed by atoms with Gasteiger partial charge < -0.3 is 14.8 Å². The molecule has 1 unspecified atom stereocenters. The van der Waals surface area contributed by atoms with Gasteiger partial charge in [-0.15, -0.1) is 5.10 Å².